The van der Waals surface area contributed by atoms with Crippen molar-refractivity contribution < 1.29 is 12.8 Å². The van der Waals surface area contributed by atoms with Crippen molar-refractivity contribution in [2.75, 3.05) is 5.73 Å². The van der Waals surface area contributed by atoms with E-state index in [1.807, 2.05) is 0 Å². The number of nitrogens with two attached hydrogens (primary N) is 1. The highest BCUT2D eigenvalue weighted by molar-refractivity contribution is 9.11. The number of rotatable bonds is 4. The number of pyridine rings is 1. The molecule has 2 aromatic heterocycles. The summed E-state index contributed by atoms with van der Waals surface area (Å²) >= 11 is 3.27. The first kappa shape index (κ1) is 18.5. The summed E-state index contributed by atoms with van der Waals surface area (Å²) in [6, 6.07) is 9.35. The molecule has 2 heterocycles. The van der Waals surface area contributed by atoms with Crippen LogP contribution >= 0.6 is 15.9 Å². The molecule has 26 heavy (non-hydrogen) atoms. The lowest BCUT2D eigenvalue weighted by Crippen LogP contribution is -2.24. The number of hydrogen-bond acceptors (Lipinski definition) is 5. The number of fused-ring (bicyclic) bond motifs is 1. The Balaban J connectivity index is 2.24. The van der Waals surface area contributed by atoms with Gasteiger partial charge in [-0.25, -0.2) is 22.8 Å². The van der Waals surface area contributed by atoms with Gasteiger partial charge in [-0.2, -0.15) is 3.97 Å². The van der Waals surface area contributed by atoms with Crippen molar-refractivity contribution >= 4 is 48.6 Å². The number of anilines is 1. The maximum Gasteiger partial charge on any atom is 0.245 e. The Labute approximate surface area is 158 Å². The van der Waals surface area contributed by atoms with Crippen LogP contribution in [0.2, 0.25) is 0 Å². The molecule has 6 nitrogen and oxygen atoms in total. The molecule has 0 fully saturated rings. The molecule has 0 amide bonds. The molecule has 9 heteroatoms. The second-order valence-electron chi connectivity index (χ2n) is 5.90. The Bertz CT molecular complexity index is 1120. The van der Waals surface area contributed by atoms with Gasteiger partial charge in [-0.15, -0.1) is 0 Å². The molecule has 0 atom stereocenters. The van der Waals surface area contributed by atoms with Crippen molar-refractivity contribution in [3.8, 4) is 0 Å². The Morgan fingerprint density at radius 1 is 1.27 bits per heavy atom. The molecule has 0 spiro atoms. The van der Waals surface area contributed by atoms with Crippen LogP contribution in [0.1, 0.15) is 25.1 Å². The summed E-state index contributed by atoms with van der Waals surface area (Å²) < 4.78 is 39.8. The fourth-order valence-corrected chi connectivity index (χ4v) is 4.09. The molecule has 1 aromatic carbocycles. The van der Waals surface area contributed by atoms with E-state index in [0.29, 0.717) is 22.3 Å². The minimum absolute atomic E-state index is 0.136. The smallest absolute Gasteiger partial charge is 0.245 e. The van der Waals surface area contributed by atoms with Crippen molar-refractivity contribution in [1.29, 1.82) is 0 Å². The Morgan fingerprint density at radius 2 is 2.00 bits per heavy atom. The van der Waals surface area contributed by atoms with E-state index >= 15 is 0 Å². The normalized spacial score (nSPS) is 12.9. The van der Waals surface area contributed by atoms with Gasteiger partial charge in [0.05, 0.1) is 10.9 Å². The van der Waals surface area contributed by atoms with Gasteiger partial charge in [-0.3, -0.25) is 0 Å². The molecule has 0 aliphatic heterocycles. The van der Waals surface area contributed by atoms with Gasteiger partial charge in [0, 0.05) is 5.57 Å². The average Bonchev–Trinajstić information content (AvgIpc) is 2.91. The molecular weight excluding hydrogens is 423 g/mol. The van der Waals surface area contributed by atoms with Gasteiger partial charge in [-0.1, -0.05) is 28.1 Å². The summed E-state index contributed by atoms with van der Waals surface area (Å²) in [7, 11) is -3.74. The number of imidazole rings is 1. The molecule has 0 bridgehead atoms. The van der Waals surface area contributed by atoms with E-state index in [4.69, 9.17) is 5.73 Å². The van der Waals surface area contributed by atoms with Crippen LogP contribution in [0.5, 0.6) is 0 Å². The van der Waals surface area contributed by atoms with E-state index < -0.39 is 15.3 Å². The molecular formula is C17H16BrFN4O2S. The molecule has 0 radical (unpaired) electrons. The molecule has 3 rings (SSSR count). The van der Waals surface area contributed by atoms with Crippen molar-refractivity contribution in [2.24, 2.45) is 0 Å². The summed E-state index contributed by atoms with van der Waals surface area (Å²) in [5, 5.41) is -0.693. The Kier molecular flexibility index (Phi) is 4.85. The molecule has 0 saturated carbocycles. The van der Waals surface area contributed by atoms with Crippen LogP contribution < -0.4 is 5.73 Å². The summed E-state index contributed by atoms with van der Waals surface area (Å²) in [5.74, 6) is -0.527. The minimum atomic E-state index is -3.74. The maximum atomic E-state index is 13.6. The summed E-state index contributed by atoms with van der Waals surface area (Å²) in [6.45, 7) is 3.11. The third-order valence-corrected chi connectivity index (χ3v) is 6.38. The van der Waals surface area contributed by atoms with Crippen LogP contribution in [-0.4, -0.2) is 27.6 Å². The van der Waals surface area contributed by atoms with Gasteiger partial charge >= 0.3 is 0 Å². The number of halogens is 2. The SMILES string of the molecule is CC(C)S(=O)(=O)n1c(N)nc2ccc(C(=CBr)c3cccc(F)c3)nc21. The predicted octanol–water partition coefficient (Wildman–Crippen LogP) is 3.52. The zero-order chi connectivity index (χ0) is 19.1. The first-order chi connectivity index (χ1) is 12.3. The quantitative estimate of drug-likeness (QED) is 0.672. The largest absolute Gasteiger partial charge is 0.368 e. The van der Waals surface area contributed by atoms with Gasteiger partial charge in [0.1, 0.15) is 11.3 Å². The van der Waals surface area contributed by atoms with E-state index in [9.17, 15) is 12.8 Å². The third-order valence-electron chi connectivity index (χ3n) is 3.86. The number of nitrogens with zero attached hydrogens (tertiary/aromatic N) is 3. The van der Waals surface area contributed by atoms with E-state index in [1.165, 1.54) is 12.1 Å². The number of aromatic nitrogens is 3. The van der Waals surface area contributed by atoms with Crippen molar-refractivity contribution in [1.82, 2.24) is 13.9 Å². The zero-order valence-corrected chi connectivity index (χ0v) is 16.4. The third kappa shape index (κ3) is 3.12. The summed E-state index contributed by atoms with van der Waals surface area (Å²) in [5.41, 5.74) is 7.98. The highest BCUT2D eigenvalue weighted by Gasteiger charge is 2.25. The summed E-state index contributed by atoms with van der Waals surface area (Å²) in [6.07, 6.45) is 0. The Hall–Kier alpha value is -2.26. The van der Waals surface area contributed by atoms with Crippen molar-refractivity contribution in [3.05, 3.63) is 58.5 Å². The van der Waals surface area contributed by atoms with Crippen LogP contribution in [0.25, 0.3) is 16.7 Å². The molecule has 2 N–H and O–H groups in total. The molecule has 3 aromatic rings. The van der Waals surface area contributed by atoms with Crippen LogP contribution in [0.4, 0.5) is 10.3 Å². The van der Waals surface area contributed by atoms with Crippen molar-refractivity contribution in [2.45, 2.75) is 19.1 Å². The predicted molar refractivity (Wildman–Crippen MR) is 104 cm³/mol. The average molecular weight is 439 g/mol. The Morgan fingerprint density at radius 3 is 2.62 bits per heavy atom. The topological polar surface area (TPSA) is 90.9 Å². The minimum Gasteiger partial charge on any atom is -0.368 e. The standard InChI is InChI=1S/C17H16BrFN4O2S/c1-10(2)26(24,25)23-16-15(22-17(23)20)7-6-14(21-16)13(9-18)11-4-3-5-12(19)8-11/h3-10H,1-2H3,(H2,20,22). The van der Waals surface area contributed by atoms with Crippen LogP contribution in [0, 0.1) is 5.82 Å². The van der Waals surface area contributed by atoms with E-state index in [0.717, 1.165) is 3.97 Å². The first-order valence-corrected chi connectivity index (χ1v) is 10.1. The van der Waals surface area contributed by atoms with Crippen LogP contribution in [-0.2, 0) is 10.0 Å². The lowest BCUT2D eigenvalue weighted by molar-refractivity contribution is 0.580. The summed E-state index contributed by atoms with van der Waals surface area (Å²) in [4.78, 5) is 10.1. The lowest BCUT2D eigenvalue weighted by atomic mass is 10.0. The molecule has 0 unspecified atom stereocenters. The van der Waals surface area contributed by atoms with E-state index in [-0.39, 0.29) is 17.4 Å². The number of hydrogen-bond donors (Lipinski definition) is 1. The van der Waals surface area contributed by atoms with E-state index in [2.05, 4.69) is 25.9 Å². The highest BCUT2D eigenvalue weighted by atomic mass is 79.9. The fraction of sp³-hybridized carbons (Fsp3) is 0.176. The van der Waals surface area contributed by atoms with Gasteiger partial charge in [0.2, 0.25) is 16.0 Å². The van der Waals surface area contributed by atoms with Gasteiger partial charge in [0.15, 0.2) is 5.65 Å². The maximum absolute atomic E-state index is 13.6. The number of benzene rings is 1. The van der Waals surface area contributed by atoms with Crippen LogP contribution in [0.15, 0.2) is 41.4 Å². The second kappa shape index (κ2) is 6.81. The van der Waals surface area contributed by atoms with Gasteiger partial charge in [-0.05, 0) is 48.7 Å². The highest BCUT2D eigenvalue weighted by Crippen LogP contribution is 2.27. The zero-order valence-electron chi connectivity index (χ0n) is 14.0. The van der Waals surface area contributed by atoms with Gasteiger partial charge < -0.3 is 5.73 Å². The molecule has 0 aliphatic carbocycles. The number of nitrogen functional groups attached to an aromatic ring is 1. The van der Waals surface area contributed by atoms with E-state index in [1.54, 1.807) is 43.1 Å². The lowest BCUT2D eigenvalue weighted by Gasteiger charge is -2.11. The fourth-order valence-electron chi connectivity index (χ4n) is 2.49. The molecule has 0 saturated heterocycles. The van der Waals surface area contributed by atoms with Crippen molar-refractivity contribution in [3.63, 3.8) is 0 Å². The first-order valence-electron chi connectivity index (χ1n) is 7.71. The molecule has 136 valence electrons. The second-order valence-corrected chi connectivity index (χ2v) is 8.70. The van der Waals surface area contributed by atoms with Crippen LogP contribution in [0.3, 0.4) is 0 Å². The molecule has 0 aliphatic rings. The monoisotopic (exact) mass is 438 g/mol. The van der Waals surface area contributed by atoms with Gasteiger partial charge in [0.25, 0.3) is 0 Å².